The summed E-state index contributed by atoms with van der Waals surface area (Å²) in [6.07, 6.45) is 7.35. The van der Waals surface area contributed by atoms with Crippen LogP contribution in [0, 0.1) is 0 Å². The predicted molar refractivity (Wildman–Crippen MR) is 109 cm³/mol. The highest BCUT2D eigenvalue weighted by Gasteiger charge is 2.11. The van der Waals surface area contributed by atoms with Gasteiger partial charge in [0.2, 0.25) is 0 Å². The predicted octanol–water partition coefficient (Wildman–Crippen LogP) is 3.59. The molecule has 28 heavy (non-hydrogen) atoms. The van der Waals surface area contributed by atoms with E-state index in [1.54, 1.807) is 24.3 Å². The van der Waals surface area contributed by atoms with Crippen molar-refractivity contribution in [2.24, 2.45) is 0 Å². The minimum atomic E-state index is -0.281. The summed E-state index contributed by atoms with van der Waals surface area (Å²) in [6.45, 7) is 2.81. The van der Waals surface area contributed by atoms with Gasteiger partial charge in [-0.1, -0.05) is 31.9 Å². The zero-order valence-corrected chi connectivity index (χ0v) is 16.8. The van der Waals surface area contributed by atoms with Gasteiger partial charge in [-0.15, -0.1) is 0 Å². The third kappa shape index (κ3) is 6.33. The number of unbranched alkanes of at least 4 members (excludes halogenated alkanes) is 2. The molecule has 0 fully saturated rings. The van der Waals surface area contributed by atoms with Gasteiger partial charge in [0.05, 0.1) is 13.5 Å². The van der Waals surface area contributed by atoms with Crippen LogP contribution in [0.3, 0.4) is 0 Å². The van der Waals surface area contributed by atoms with E-state index in [4.69, 9.17) is 0 Å². The molecule has 0 saturated carbocycles. The van der Waals surface area contributed by atoms with Gasteiger partial charge in [-0.2, -0.15) is 0 Å². The third-order valence-electron chi connectivity index (χ3n) is 4.41. The number of amides is 2. The lowest BCUT2D eigenvalue weighted by Gasteiger charge is -2.19. The molecule has 0 aliphatic carbocycles. The van der Waals surface area contributed by atoms with E-state index in [1.165, 1.54) is 7.11 Å². The fourth-order valence-corrected chi connectivity index (χ4v) is 2.65. The summed E-state index contributed by atoms with van der Waals surface area (Å²) in [6, 6.07) is 7.54. The van der Waals surface area contributed by atoms with Gasteiger partial charge in [0.1, 0.15) is 5.82 Å². The molecule has 1 aromatic heterocycles. The first-order valence-electron chi connectivity index (χ1n) is 9.55. The molecule has 150 valence electrons. The highest BCUT2D eigenvalue weighted by molar-refractivity contribution is 5.92. The Labute approximate surface area is 166 Å². The average molecular weight is 384 g/mol. The fraction of sp³-hybridized carbons (Fsp3) is 0.429. The van der Waals surface area contributed by atoms with Crippen molar-refractivity contribution in [1.29, 1.82) is 0 Å². The molecule has 7 nitrogen and oxygen atoms in total. The van der Waals surface area contributed by atoms with Gasteiger partial charge < -0.3 is 10.1 Å². The van der Waals surface area contributed by atoms with Crippen LogP contribution in [0.5, 0.6) is 0 Å². The molecular weight excluding hydrogens is 356 g/mol. The number of methoxy groups -OCH3 is 1. The molecule has 0 aliphatic heterocycles. The number of carbonyl (C=O) groups excluding carboxylic acids is 2. The van der Waals surface area contributed by atoms with Gasteiger partial charge >= 0.3 is 12.0 Å². The summed E-state index contributed by atoms with van der Waals surface area (Å²) in [5, 5.41) is 2.93. The van der Waals surface area contributed by atoms with Gasteiger partial charge in [-0.3, -0.25) is 9.69 Å². The number of nitrogens with zero attached hydrogens (tertiary/aromatic N) is 3. The first-order valence-corrected chi connectivity index (χ1v) is 9.55. The van der Waals surface area contributed by atoms with Crippen molar-refractivity contribution in [1.82, 2.24) is 15.3 Å². The molecule has 1 N–H and O–H groups in total. The van der Waals surface area contributed by atoms with Crippen molar-refractivity contribution in [3.63, 3.8) is 0 Å². The molecule has 1 heterocycles. The minimum absolute atomic E-state index is 0.123. The normalized spacial score (nSPS) is 10.4. The molecule has 2 aromatic rings. The van der Waals surface area contributed by atoms with Crippen molar-refractivity contribution in [2.45, 2.75) is 39.0 Å². The summed E-state index contributed by atoms with van der Waals surface area (Å²) in [7, 11) is 3.11. The highest BCUT2D eigenvalue weighted by Crippen LogP contribution is 2.23. The van der Waals surface area contributed by atoms with E-state index in [9.17, 15) is 9.59 Å². The largest absolute Gasteiger partial charge is 0.469 e. The van der Waals surface area contributed by atoms with Crippen LogP contribution in [0.2, 0.25) is 0 Å². The lowest BCUT2D eigenvalue weighted by molar-refractivity contribution is -0.140. The lowest BCUT2D eigenvalue weighted by atomic mass is 10.1. The van der Waals surface area contributed by atoms with Crippen LogP contribution in [-0.2, 0) is 16.0 Å². The number of rotatable bonds is 9. The Kier molecular flexibility index (Phi) is 8.39. The Balaban J connectivity index is 2.01. The number of hydrogen-bond donors (Lipinski definition) is 1. The third-order valence-corrected chi connectivity index (χ3v) is 4.41. The summed E-state index contributed by atoms with van der Waals surface area (Å²) < 4.78 is 4.62. The van der Waals surface area contributed by atoms with E-state index in [0.717, 1.165) is 36.1 Å². The fourth-order valence-electron chi connectivity index (χ4n) is 2.65. The zero-order valence-electron chi connectivity index (χ0n) is 16.8. The van der Waals surface area contributed by atoms with Crippen LogP contribution < -0.4 is 10.2 Å². The number of aromatic nitrogens is 2. The second-order valence-corrected chi connectivity index (χ2v) is 6.51. The van der Waals surface area contributed by atoms with Gasteiger partial charge in [-0.05, 0) is 24.1 Å². The molecule has 7 heteroatoms. The standard InChI is InChI=1S/C21H28N4O3/c1-4-5-6-12-22-21(27)25(2)18-9-7-8-16(13-18)17-14-23-19(24-15-17)10-11-20(26)28-3/h7-9,13-15H,4-6,10-12H2,1-3H3,(H,22,27). The van der Waals surface area contributed by atoms with Crippen molar-refractivity contribution in [2.75, 3.05) is 25.6 Å². The van der Waals surface area contributed by atoms with E-state index in [1.807, 2.05) is 24.3 Å². The van der Waals surface area contributed by atoms with Crippen molar-refractivity contribution in [3.8, 4) is 11.1 Å². The number of anilines is 1. The lowest BCUT2D eigenvalue weighted by Crippen LogP contribution is -2.37. The van der Waals surface area contributed by atoms with Gasteiger partial charge in [-0.25, -0.2) is 14.8 Å². The number of esters is 1. The number of hydrogen-bond acceptors (Lipinski definition) is 5. The Morgan fingerprint density at radius 1 is 1.14 bits per heavy atom. The topological polar surface area (TPSA) is 84.4 Å². The second kappa shape index (κ2) is 11.0. The maximum absolute atomic E-state index is 12.3. The summed E-state index contributed by atoms with van der Waals surface area (Å²) in [5.74, 6) is 0.310. The van der Waals surface area contributed by atoms with E-state index < -0.39 is 0 Å². The quantitative estimate of drug-likeness (QED) is 0.528. The molecule has 1 aromatic carbocycles. The zero-order chi connectivity index (χ0) is 20.4. The number of urea groups is 1. The minimum Gasteiger partial charge on any atom is -0.469 e. The van der Waals surface area contributed by atoms with Crippen LogP contribution in [-0.4, -0.2) is 42.7 Å². The molecule has 2 rings (SSSR count). The number of benzene rings is 1. The van der Waals surface area contributed by atoms with Crippen LogP contribution in [0.15, 0.2) is 36.7 Å². The molecule has 2 amide bonds. The monoisotopic (exact) mass is 384 g/mol. The summed E-state index contributed by atoms with van der Waals surface area (Å²) in [4.78, 5) is 33.7. The number of ether oxygens (including phenoxy) is 1. The Hall–Kier alpha value is -2.96. The number of carbonyl (C=O) groups is 2. The van der Waals surface area contributed by atoms with Crippen LogP contribution in [0.4, 0.5) is 10.5 Å². The second-order valence-electron chi connectivity index (χ2n) is 6.51. The van der Waals surface area contributed by atoms with Gasteiger partial charge in [0.15, 0.2) is 0 Å². The Morgan fingerprint density at radius 3 is 2.57 bits per heavy atom. The van der Waals surface area contributed by atoms with E-state index in [2.05, 4.69) is 26.9 Å². The SMILES string of the molecule is CCCCCNC(=O)N(C)c1cccc(-c2cnc(CCC(=O)OC)nc2)c1. The molecule has 0 radical (unpaired) electrons. The number of aryl methyl sites for hydroxylation is 1. The highest BCUT2D eigenvalue weighted by atomic mass is 16.5. The van der Waals surface area contributed by atoms with Crippen LogP contribution in [0.25, 0.3) is 11.1 Å². The maximum Gasteiger partial charge on any atom is 0.321 e. The first-order chi connectivity index (χ1) is 13.5. The molecule has 0 aliphatic rings. The van der Waals surface area contributed by atoms with Crippen LogP contribution >= 0.6 is 0 Å². The first kappa shape index (κ1) is 21.3. The van der Waals surface area contributed by atoms with Crippen molar-refractivity contribution < 1.29 is 14.3 Å². The number of nitrogens with one attached hydrogen (secondary N) is 1. The molecular formula is C21H28N4O3. The average Bonchev–Trinajstić information content (AvgIpc) is 2.74. The van der Waals surface area contributed by atoms with E-state index in [0.29, 0.717) is 18.8 Å². The summed E-state index contributed by atoms with van der Waals surface area (Å²) >= 11 is 0. The van der Waals surface area contributed by atoms with Crippen molar-refractivity contribution in [3.05, 3.63) is 42.5 Å². The van der Waals surface area contributed by atoms with Gasteiger partial charge in [0, 0.05) is 43.7 Å². The van der Waals surface area contributed by atoms with Crippen molar-refractivity contribution >= 4 is 17.7 Å². The van der Waals surface area contributed by atoms with Gasteiger partial charge in [0.25, 0.3) is 0 Å². The Bertz CT molecular complexity index is 777. The molecule has 0 unspecified atom stereocenters. The van der Waals surface area contributed by atoms with E-state index in [-0.39, 0.29) is 18.4 Å². The smallest absolute Gasteiger partial charge is 0.321 e. The summed E-state index contributed by atoms with van der Waals surface area (Å²) in [5.41, 5.74) is 2.56. The Morgan fingerprint density at radius 2 is 1.89 bits per heavy atom. The molecule has 0 saturated heterocycles. The molecule has 0 bridgehead atoms. The maximum atomic E-state index is 12.3. The van der Waals surface area contributed by atoms with E-state index >= 15 is 0 Å². The molecule has 0 atom stereocenters. The van der Waals surface area contributed by atoms with Crippen LogP contribution in [0.1, 0.15) is 38.4 Å². The molecule has 0 spiro atoms.